The van der Waals surface area contributed by atoms with Crippen molar-refractivity contribution in [2.24, 2.45) is 18.7 Å². The van der Waals surface area contributed by atoms with Crippen LogP contribution in [0.25, 0.3) is 10.9 Å². The van der Waals surface area contributed by atoms with Crippen LogP contribution in [0, 0.1) is 11.7 Å². The Balaban J connectivity index is 1.68. The van der Waals surface area contributed by atoms with Crippen LogP contribution in [0.15, 0.2) is 36.4 Å². The summed E-state index contributed by atoms with van der Waals surface area (Å²) in [6.07, 6.45) is 2.85. The molecular formula is C20H20FN3O2. The summed E-state index contributed by atoms with van der Waals surface area (Å²) < 4.78 is 21.4. The number of benzene rings is 2. The first kappa shape index (κ1) is 16.6. The van der Waals surface area contributed by atoms with Crippen molar-refractivity contribution < 1.29 is 13.9 Å². The minimum atomic E-state index is -0.476. The molecule has 1 heterocycles. The van der Waals surface area contributed by atoms with Crippen LogP contribution >= 0.6 is 0 Å². The van der Waals surface area contributed by atoms with E-state index in [1.807, 2.05) is 13.1 Å². The largest absolute Gasteiger partial charge is 0.493 e. The summed E-state index contributed by atoms with van der Waals surface area (Å²) in [6, 6.07) is 9.85. The van der Waals surface area contributed by atoms with E-state index in [4.69, 9.17) is 10.5 Å². The number of carbonyl (C=O) groups excluding carboxylic acids is 1. The Bertz CT molecular complexity index is 992. The van der Waals surface area contributed by atoms with Gasteiger partial charge < -0.3 is 10.5 Å². The number of primary amides is 1. The third-order valence-electron chi connectivity index (χ3n) is 4.76. The molecule has 2 N–H and O–H groups in total. The van der Waals surface area contributed by atoms with Gasteiger partial charge in [0.2, 0.25) is 5.91 Å². The van der Waals surface area contributed by atoms with Crippen molar-refractivity contribution in [3.63, 3.8) is 0 Å². The van der Waals surface area contributed by atoms with Crippen LogP contribution in [-0.4, -0.2) is 22.3 Å². The van der Waals surface area contributed by atoms with Crippen LogP contribution in [0.5, 0.6) is 5.75 Å². The molecule has 0 atom stereocenters. The van der Waals surface area contributed by atoms with Crippen LogP contribution in [0.3, 0.4) is 0 Å². The van der Waals surface area contributed by atoms with E-state index in [-0.39, 0.29) is 5.82 Å². The van der Waals surface area contributed by atoms with Gasteiger partial charge in [0.15, 0.2) is 0 Å². The lowest BCUT2D eigenvalue weighted by atomic mass is 10.0. The van der Waals surface area contributed by atoms with E-state index in [1.54, 1.807) is 22.9 Å². The quantitative estimate of drug-likeness (QED) is 0.740. The third-order valence-corrected chi connectivity index (χ3v) is 4.76. The fourth-order valence-electron chi connectivity index (χ4n) is 3.12. The second-order valence-electron chi connectivity index (χ2n) is 6.85. The molecule has 1 amide bonds. The summed E-state index contributed by atoms with van der Waals surface area (Å²) in [4.78, 5) is 11.4. The van der Waals surface area contributed by atoms with Crippen LogP contribution in [0.2, 0.25) is 0 Å². The number of halogens is 1. The van der Waals surface area contributed by atoms with Gasteiger partial charge in [-0.1, -0.05) is 6.07 Å². The Morgan fingerprint density at radius 3 is 2.85 bits per heavy atom. The number of rotatable bonds is 6. The maximum atomic E-state index is 13.8. The van der Waals surface area contributed by atoms with E-state index in [0.717, 1.165) is 22.2 Å². The summed E-state index contributed by atoms with van der Waals surface area (Å²) in [5.74, 6) is 0.548. The summed E-state index contributed by atoms with van der Waals surface area (Å²) in [6.45, 7) is 0.670. The Kier molecular flexibility index (Phi) is 4.11. The molecule has 3 aromatic rings. The van der Waals surface area contributed by atoms with Gasteiger partial charge in [-0.3, -0.25) is 9.48 Å². The molecule has 134 valence electrons. The van der Waals surface area contributed by atoms with Crippen molar-refractivity contribution in [3.05, 3.63) is 59.0 Å². The Labute approximate surface area is 150 Å². The number of nitrogens with zero attached hydrogens (tertiary/aromatic N) is 2. The Hall–Kier alpha value is -2.89. The molecule has 2 aromatic carbocycles. The van der Waals surface area contributed by atoms with Crippen LogP contribution in [0.4, 0.5) is 4.39 Å². The number of fused-ring (bicyclic) bond motifs is 1. The number of carbonyl (C=O) groups is 1. The van der Waals surface area contributed by atoms with Crippen molar-refractivity contribution in [2.45, 2.75) is 19.3 Å². The molecular weight excluding hydrogens is 333 g/mol. The van der Waals surface area contributed by atoms with Gasteiger partial charge in [-0.25, -0.2) is 4.39 Å². The second kappa shape index (κ2) is 6.44. The zero-order valence-corrected chi connectivity index (χ0v) is 14.5. The van der Waals surface area contributed by atoms with Gasteiger partial charge in [0.25, 0.3) is 0 Å². The Morgan fingerprint density at radius 2 is 2.12 bits per heavy atom. The van der Waals surface area contributed by atoms with Crippen molar-refractivity contribution >= 4 is 16.8 Å². The summed E-state index contributed by atoms with van der Waals surface area (Å²) in [5, 5.41) is 5.46. The molecule has 0 bridgehead atoms. The fraction of sp³-hybridized carbons (Fsp3) is 0.300. The number of amides is 1. The molecule has 0 radical (unpaired) electrons. The predicted octanol–water partition coefficient (Wildman–Crippen LogP) is 3.19. The van der Waals surface area contributed by atoms with Gasteiger partial charge in [-0.05, 0) is 49.1 Å². The SMILES string of the molecule is Cn1nc(Cc2cc(F)ccc2OCC2CC2)c2ccc(C(N)=O)cc21. The predicted molar refractivity (Wildman–Crippen MR) is 96.7 cm³/mol. The average Bonchev–Trinajstić information content (AvgIpc) is 3.39. The summed E-state index contributed by atoms with van der Waals surface area (Å²) in [5.41, 5.74) is 8.18. The highest BCUT2D eigenvalue weighted by Crippen LogP contribution is 2.32. The molecule has 1 saturated carbocycles. The normalized spacial score (nSPS) is 13.9. The van der Waals surface area contributed by atoms with Crippen molar-refractivity contribution in [2.75, 3.05) is 6.61 Å². The van der Waals surface area contributed by atoms with Crippen molar-refractivity contribution in [3.8, 4) is 5.75 Å². The third kappa shape index (κ3) is 3.27. The lowest BCUT2D eigenvalue weighted by Gasteiger charge is -2.11. The minimum Gasteiger partial charge on any atom is -0.493 e. The molecule has 6 heteroatoms. The highest BCUT2D eigenvalue weighted by atomic mass is 19.1. The summed E-state index contributed by atoms with van der Waals surface area (Å²) in [7, 11) is 1.81. The van der Waals surface area contributed by atoms with Crippen LogP contribution in [-0.2, 0) is 13.5 Å². The van der Waals surface area contributed by atoms with Crippen molar-refractivity contribution in [1.29, 1.82) is 0 Å². The van der Waals surface area contributed by atoms with E-state index >= 15 is 0 Å². The van der Waals surface area contributed by atoms with Crippen LogP contribution < -0.4 is 10.5 Å². The van der Waals surface area contributed by atoms with Gasteiger partial charge in [-0.2, -0.15) is 5.10 Å². The van der Waals surface area contributed by atoms with E-state index in [9.17, 15) is 9.18 Å². The zero-order chi connectivity index (χ0) is 18.3. The van der Waals surface area contributed by atoms with Gasteiger partial charge >= 0.3 is 0 Å². The number of hydrogen-bond donors (Lipinski definition) is 1. The maximum absolute atomic E-state index is 13.8. The number of ether oxygens (including phenoxy) is 1. The molecule has 26 heavy (non-hydrogen) atoms. The van der Waals surface area contributed by atoms with Gasteiger partial charge in [0.05, 0.1) is 17.8 Å². The maximum Gasteiger partial charge on any atom is 0.248 e. The topological polar surface area (TPSA) is 70.1 Å². The molecule has 1 aliphatic carbocycles. The summed E-state index contributed by atoms with van der Waals surface area (Å²) >= 11 is 0. The van der Waals surface area contributed by atoms with E-state index in [2.05, 4.69) is 5.10 Å². The molecule has 0 saturated heterocycles. The number of hydrogen-bond acceptors (Lipinski definition) is 3. The molecule has 0 aliphatic heterocycles. The molecule has 1 aromatic heterocycles. The second-order valence-corrected chi connectivity index (χ2v) is 6.85. The molecule has 1 aliphatic rings. The zero-order valence-electron chi connectivity index (χ0n) is 14.5. The number of nitrogens with two attached hydrogens (primary N) is 1. The van der Waals surface area contributed by atoms with Crippen LogP contribution in [0.1, 0.15) is 34.5 Å². The highest BCUT2D eigenvalue weighted by Gasteiger charge is 2.22. The fourth-order valence-corrected chi connectivity index (χ4v) is 3.12. The smallest absolute Gasteiger partial charge is 0.248 e. The first-order valence-electron chi connectivity index (χ1n) is 8.68. The van der Waals surface area contributed by atoms with Gasteiger partial charge in [0.1, 0.15) is 11.6 Å². The standard InChI is InChI=1S/C20H20FN3O2/c1-24-18-10-13(20(22)25)4-6-16(18)17(23-24)9-14-8-15(21)5-7-19(14)26-11-12-2-3-12/h4-8,10,12H,2-3,9,11H2,1H3,(H2,22,25). The number of aryl methyl sites for hydroxylation is 1. The lowest BCUT2D eigenvalue weighted by Crippen LogP contribution is -2.10. The minimum absolute atomic E-state index is 0.296. The van der Waals surface area contributed by atoms with Gasteiger partial charge in [-0.15, -0.1) is 0 Å². The first-order valence-corrected chi connectivity index (χ1v) is 8.68. The van der Waals surface area contributed by atoms with Gasteiger partial charge in [0, 0.05) is 30.0 Å². The van der Waals surface area contributed by atoms with E-state index in [1.165, 1.54) is 25.0 Å². The van der Waals surface area contributed by atoms with E-state index < -0.39 is 5.91 Å². The average molecular weight is 353 g/mol. The van der Waals surface area contributed by atoms with Crippen molar-refractivity contribution in [1.82, 2.24) is 9.78 Å². The molecule has 1 fully saturated rings. The molecule has 0 spiro atoms. The molecule has 4 rings (SSSR count). The first-order chi connectivity index (χ1) is 12.5. The Morgan fingerprint density at radius 1 is 1.31 bits per heavy atom. The molecule has 5 nitrogen and oxygen atoms in total. The molecule has 0 unspecified atom stereocenters. The highest BCUT2D eigenvalue weighted by molar-refractivity contribution is 5.97. The monoisotopic (exact) mass is 353 g/mol. The lowest BCUT2D eigenvalue weighted by molar-refractivity contribution is 0.100. The number of aromatic nitrogens is 2. The van der Waals surface area contributed by atoms with E-state index in [0.29, 0.717) is 30.3 Å².